The van der Waals surface area contributed by atoms with E-state index in [1.807, 2.05) is 0 Å². The first-order valence-electron chi connectivity index (χ1n) is 2.80. The van der Waals surface area contributed by atoms with Crippen LogP contribution >= 0.6 is 0 Å². The van der Waals surface area contributed by atoms with Crippen molar-refractivity contribution in [3.8, 4) is 0 Å². The Bertz CT molecular complexity index is 35.4. The molecule has 0 atom stereocenters. The van der Waals surface area contributed by atoms with Crippen molar-refractivity contribution in [2.45, 2.75) is 26.2 Å². The van der Waals surface area contributed by atoms with Gasteiger partial charge in [0, 0.05) is 0 Å². The van der Waals surface area contributed by atoms with Gasteiger partial charge in [0.2, 0.25) is 0 Å². The van der Waals surface area contributed by atoms with Crippen molar-refractivity contribution in [2.24, 2.45) is 0 Å². The fraction of sp³-hybridized carbons (Fsp3) is 1.00. The van der Waals surface area contributed by atoms with Crippen molar-refractivity contribution in [2.75, 3.05) is 6.61 Å². The highest BCUT2D eigenvalue weighted by Crippen LogP contribution is 1.92. The van der Waals surface area contributed by atoms with Crippen molar-refractivity contribution in [1.29, 1.82) is 0 Å². The molecule has 0 bridgehead atoms. The molecule has 0 rings (SSSR count). The fourth-order valence-corrected chi connectivity index (χ4v) is 0.610. The van der Waals surface area contributed by atoms with Gasteiger partial charge in [0.15, 0.2) is 0 Å². The van der Waals surface area contributed by atoms with Crippen LogP contribution in [0.5, 0.6) is 0 Å². The number of halogens is 1. The lowest BCUT2D eigenvalue weighted by atomic mass is 10.3. The second-order valence-electron chi connectivity index (χ2n) is 1.58. The highest BCUT2D eigenvalue weighted by atomic mass is 35.6. The van der Waals surface area contributed by atoms with Gasteiger partial charge >= 0.3 is 11.3 Å². The van der Waals surface area contributed by atoms with Crippen LogP contribution in [0.3, 0.4) is 0 Å². The van der Waals surface area contributed by atoms with Crippen LogP contribution in [0.1, 0.15) is 26.2 Å². The van der Waals surface area contributed by atoms with E-state index >= 15 is 0 Å². The van der Waals surface area contributed by atoms with Gasteiger partial charge in [-0.25, -0.2) is 0 Å². The topological polar surface area (TPSA) is 32.3 Å². The van der Waals surface area contributed by atoms with Gasteiger partial charge in [-0.1, -0.05) is 19.8 Å². The Labute approximate surface area is 53.9 Å². The Morgan fingerprint density at radius 1 is 1.50 bits per heavy atom. The Kier molecular flexibility index (Phi) is 7.40. The maximum atomic E-state index is 9.53. The van der Waals surface area contributed by atoms with Crippen LogP contribution in [-0.4, -0.2) is 6.61 Å². The van der Waals surface area contributed by atoms with Crippen LogP contribution in [0.4, 0.5) is 0 Å². The number of unbranched alkanes of at least 4 members (excludes halogenated alkanes) is 2. The van der Waals surface area contributed by atoms with Crippen LogP contribution in [-0.2, 0) is 4.29 Å². The van der Waals surface area contributed by atoms with Gasteiger partial charge in [-0.15, -0.1) is 4.29 Å². The van der Waals surface area contributed by atoms with Gasteiger partial charge < -0.3 is 4.66 Å². The molecular formula is C5H11ClO2. The average Bonchev–Trinajstić information content (AvgIpc) is 1.81. The Morgan fingerprint density at radius 3 is 2.75 bits per heavy atom. The zero-order chi connectivity index (χ0) is 6.24. The molecule has 0 aromatic rings. The third kappa shape index (κ3) is 6.21. The summed E-state index contributed by atoms with van der Waals surface area (Å²) in [6.07, 6.45) is 3.30. The third-order valence-corrected chi connectivity index (χ3v) is 1.11. The molecule has 50 valence electrons. The smallest absolute Gasteiger partial charge is 0.330 e. The number of hydrogen-bond donors (Lipinski definition) is 0. The molecule has 0 aromatic carbocycles. The first-order chi connectivity index (χ1) is 3.91. The Balaban J connectivity index is 2.53. The summed E-state index contributed by atoms with van der Waals surface area (Å²) in [5.74, 6) is 0. The molecule has 3 heteroatoms. The Hall–Kier alpha value is 0.210. The van der Waals surface area contributed by atoms with Gasteiger partial charge in [0.05, 0.1) is 0 Å². The first kappa shape index (κ1) is 8.21. The highest BCUT2D eigenvalue weighted by molar-refractivity contribution is 4.31. The molecule has 0 unspecified atom stereocenters. The summed E-state index contributed by atoms with van der Waals surface area (Å²) >= 11 is 0.594. The van der Waals surface area contributed by atoms with E-state index in [4.69, 9.17) is 0 Å². The van der Waals surface area contributed by atoms with Crippen molar-refractivity contribution in [3.63, 3.8) is 0 Å². The summed E-state index contributed by atoms with van der Waals surface area (Å²) < 4.78 is 14.0. The van der Waals surface area contributed by atoms with Crippen LogP contribution in [0.25, 0.3) is 0 Å². The van der Waals surface area contributed by atoms with E-state index in [0.29, 0.717) is 17.9 Å². The fourth-order valence-electron chi connectivity index (χ4n) is 0.438. The molecule has 0 aliphatic rings. The van der Waals surface area contributed by atoms with Gasteiger partial charge in [-0.2, -0.15) is 0 Å². The quantitative estimate of drug-likeness (QED) is 0.518. The predicted molar refractivity (Wildman–Crippen MR) is 25.5 cm³/mol. The lowest BCUT2D eigenvalue weighted by Gasteiger charge is -1.88. The Morgan fingerprint density at radius 2 is 2.25 bits per heavy atom. The molecule has 0 amide bonds. The third-order valence-electron chi connectivity index (χ3n) is 0.870. The standard InChI is InChI=1S/C5H11ClO2/c1-2-3-4-5-8-6-7/h2-5H2,1H3. The van der Waals surface area contributed by atoms with Crippen molar-refractivity contribution in [1.82, 2.24) is 0 Å². The molecule has 2 nitrogen and oxygen atoms in total. The summed E-state index contributed by atoms with van der Waals surface area (Å²) in [5.41, 5.74) is 0. The van der Waals surface area contributed by atoms with Crippen molar-refractivity contribution >= 4 is 0 Å². The summed E-state index contributed by atoms with van der Waals surface area (Å²) in [6, 6.07) is 0. The summed E-state index contributed by atoms with van der Waals surface area (Å²) in [5, 5.41) is 0. The molecular weight excluding hydrogens is 128 g/mol. The van der Waals surface area contributed by atoms with Gasteiger partial charge in [-0.05, 0) is 6.42 Å². The van der Waals surface area contributed by atoms with Gasteiger partial charge in [0.1, 0.15) is 6.61 Å². The summed E-state index contributed by atoms with van der Waals surface area (Å²) in [6.45, 7) is 2.69. The molecule has 0 aliphatic carbocycles. The zero-order valence-corrected chi connectivity index (χ0v) is 5.78. The molecule has 0 N–H and O–H groups in total. The summed E-state index contributed by atoms with van der Waals surface area (Å²) in [7, 11) is 0. The predicted octanol–water partition coefficient (Wildman–Crippen LogP) is 0.468. The minimum Gasteiger partial charge on any atom is -0.506 e. The molecule has 0 aliphatic heterocycles. The van der Waals surface area contributed by atoms with E-state index in [1.54, 1.807) is 0 Å². The molecule has 0 heterocycles. The van der Waals surface area contributed by atoms with Crippen molar-refractivity contribution < 1.29 is 20.3 Å². The van der Waals surface area contributed by atoms with E-state index in [1.165, 1.54) is 6.42 Å². The minimum atomic E-state index is 0.575. The number of rotatable bonds is 5. The van der Waals surface area contributed by atoms with Gasteiger partial charge in [0.25, 0.3) is 0 Å². The van der Waals surface area contributed by atoms with Gasteiger partial charge in [-0.3, -0.25) is 0 Å². The minimum absolute atomic E-state index is 0.575. The molecule has 0 radical (unpaired) electrons. The van der Waals surface area contributed by atoms with E-state index in [2.05, 4.69) is 11.2 Å². The molecule has 0 aromatic heterocycles. The van der Waals surface area contributed by atoms with E-state index in [0.717, 1.165) is 12.8 Å². The number of hydrogen-bond acceptors (Lipinski definition) is 2. The van der Waals surface area contributed by atoms with Crippen LogP contribution in [0.15, 0.2) is 0 Å². The van der Waals surface area contributed by atoms with Crippen LogP contribution in [0.2, 0.25) is 0 Å². The SMILES string of the molecule is CCCCCO[Cl+][O-]. The maximum Gasteiger partial charge on any atom is 0.330 e. The van der Waals surface area contributed by atoms with Crippen LogP contribution in [0, 0.1) is 11.3 Å². The largest absolute Gasteiger partial charge is 0.506 e. The zero-order valence-electron chi connectivity index (χ0n) is 5.02. The second-order valence-corrected chi connectivity index (χ2v) is 1.93. The molecule has 0 saturated heterocycles. The summed E-state index contributed by atoms with van der Waals surface area (Å²) in [4.78, 5) is 0. The van der Waals surface area contributed by atoms with E-state index in [-0.39, 0.29) is 0 Å². The average molecular weight is 139 g/mol. The molecule has 0 fully saturated rings. The second kappa shape index (κ2) is 7.21. The molecule has 0 spiro atoms. The van der Waals surface area contributed by atoms with Crippen LogP contribution < -0.4 is 4.66 Å². The highest BCUT2D eigenvalue weighted by Gasteiger charge is 1.90. The lowest BCUT2D eigenvalue weighted by Crippen LogP contribution is -2.04. The first-order valence-corrected chi connectivity index (χ1v) is 3.42. The molecule has 0 saturated carbocycles. The monoisotopic (exact) mass is 138 g/mol. The normalized spacial score (nSPS) is 9.75. The van der Waals surface area contributed by atoms with E-state index in [9.17, 15) is 4.66 Å². The van der Waals surface area contributed by atoms with E-state index < -0.39 is 0 Å². The molecule has 8 heavy (non-hydrogen) atoms. The van der Waals surface area contributed by atoms with Crippen molar-refractivity contribution in [3.05, 3.63) is 0 Å². The lowest BCUT2D eigenvalue weighted by molar-refractivity contribution is -1.27. The maximum absolute atomic E-state index is 9.53.